The fraction of sp³-hybridized carbons (Fsp3) is 0.562. The summed E-state index contributed by atoms with van der Waals surface area (Å²) >= 11 is 0. The normalized spacial score (nSPS) is 19.7. The van der Waals surface area contributed by atoms with Crippen molar-refractivity contribution in [1.29, 1.82) is 0 Å². The average molecular weight is 261 g/mol. The number of esters is 1. The van der Waals surface area contributed by atoms with E-state index in [2.05, 4.69) is 43.0 Å². The standard InChI is InChI=1S/C16H23NO2/c1-4-19-16(18)11-13(3)17-10-9-12(2)14-7-5-6-8-15(14)17/h5-8,12-13H,4,9-11H2,1-3H3. The fourth-order valence-electron chi connectivity index (χ4n) is 2.80. The Bertz CT molecular complexity index is 444. The van der Waals surface area contributed by atoms with E-state index in [1.54, 1.807) is 0 Å². The number of ether oxygens (including phenoxy) is 1. The van der Waals surface area contributed by atoms with Crippen LogP contribution in [0.5, 0.6) is 0 Å². The largest absolute Gasteiger partial charge is 0.466 e. The van der Waals surface area contributed by atoms with Gasteiger partial charge >= 0.3 is 5.97 Å². The van der Waals surface area contributed by atoms with Gasteiger partial charge in [0.25, 0.3) is 0 Å². The molecule has 2 rings (SSSR count). The van der Waals surface area contributed by atoms with Crippen molar-refractivity contribution in [3.05, 3.63) is 29.8 Å². The number of carbonyl (C=O) groups excluding carboxylic acids is 1. The van der Waals surface area contributed by atoms with Crippen molar-refractivity contribution in [2.45, 2.75) is 45.6 Å². The first kappa shape index (κ1) is 13.9. The Hall–Kier alpha value is -1.51. The van der Waals surface area contributed by atoms with Crippen LogP contribution in [0.15, 0.2) is 24.3 Å². The Balaban J connectivity index is 2.13. The molecule has 104 valence electrons. The maximum Gasteiger partial charge on any atom is 0.307 e. The van der Waals surface area contributed by atoms with Gasteiger partial charge in [0.1, 0.15) is 0 Å². The molecule has 0 saturated carbocycles. The molecular formula is C16H23NO2. The highest BCUT2D eigenvalue weighted by Crippen LogP contribution is 2.36. The molecule has 0 saturated heterocycles. The highest BCUT2D eigenvalue weighted by atomic mass is 16.5. The van der Waals surface area contributed by atoms with Gasteiger partial charge in [0, 0.05) is 18.3 Å². The number of hydrogen-bond donors (Lipinski definition) is 0. The van der Waals surface area contributed by atoms with Crippen LogP contribution >= 0.6 is 0 Å². The highest BCUT2D eigenvalue weighted by molar-refractivity contribution is 5.71. The summed E-state index contributed by atoms with van der Waals surface area (Å²) in [7, 11) is 0. The lowest BCUT2D eigenvalue weighted by Crippen LogP contribution is -2.39. The predicted molar refractivity (Wildman–Crippen MR) is 77.5 cm³/mol. The first-order valence-electron chi connectivity index (χ1n) is 7.14. The molecule has 0 spiro atoms. The summed E-state index contributed by atoms with van der Waals surface area (Å²) in [4.78, 5) is 14.0. The van der Waals surface area contributed by atoms with Crippen molar-refractivity contribution in [2.24, 2.45) is 0 Å². The molecule has 3 nitrogen and oxygen atoms in total. The summed E-state index contributed by atoms with van der Waals surface area (Å²) in [5.41, 5.74) is 2.67. The maximum absolute atomic E-state index is 11.6. The molecule has 2 unspecified atom stereocenters. The van der Waals surface area contributed by atoms with E-state index in [-0.39, 0.29) is 12.0 Å². The number of anilines is 1. The summed E-state index contributed by atoms with van der Waals surface area (Å²) in [5.74, 6) is 0.494. The van der Waals surface area contributed by atoms with E-state index in [4.69, 9.17) is 4.74 Å². The second-order valence-corrected chi connectivity index (χ2v) is 5.30. The van der Waals surface area contributed by atoms with Crippen molar-refractivity contribution in [3.63, 3.8) is 0 Å². The third-order valence-corrected chi connectivity index (χ3v) is 3.88. The van der Waals surface area contributed by atoms with Gasteiger partial charge in [0.15, 0.2) is 0 Å². The number of nitrogens with zero attached hydrogens (tertiary/aromatic N) is 1. The summed E-state index contributed by atoms with van der Waals surface area (Å²) < 4.78 is 5.05. The molecule has 2 atom stereocenters. The van der Waals surface area contributed by atoms with Crippen LogP contribution in [0.2, 0.25) is 0 Å². The Morgan fingerprint density at radius 1 is 1.47 bits per heavy atom. The van der Waals surface area contributed by atoms with E-state index in [9.17, 15) is 4.79 Å². The molecule has 1 heterocycles. The second kappa shape index (κ2) is 6.09. The number of para-hydroxylation sites is 1. The minimum Gasteiger partial charge on any atom is -0.466 e. The Labute approximate surface area is 115 Å². The number of rotatable bonds is 4. The lowest BCUT2D eigenvalue weighted by atomic mass is 9.90. The molecule has 1 aliphatic rings. The molecule has 0 aromatic heterocycles. The van der Waals surface area contributed by atoms with Gasteiger partial charge in [-0.25, -0.2) is 0 Å². The van der Waals surface area contributed by atoms with Crippen LogP contribution in [-0.4, -0.2) is 25.2 Å². The van der Waals surface area contributed by atoms with Gasteiger partial charge in [-0.15, -0.1) is 0 Å². The first-order valence-corrected chi connectivity index (χ1v) is 7.14. The van der Waals surface area contributed by atoms with Crippen molar-refractivity contribution in [2.75, 3.05) is 18.1 Å². The lowest BCUT2D eigenvalue weighted by molar-refractivity contribution is -0.143. The smallest absolute Gasteiger partial charge is 0.307 e. The predicted octanol–water partition coefficient (Wildman–Crippen LogP) is 3.34. The van der Waals surface area contributed by atoms with Gasteiger partial charge in [0.2, 0.25) is 0 Å². The van der Waals surface area contributed by atoms with Gasteiger partial charge in [-0.2, -0.15) is 0 Å². The van der Waals surface area contributed by atoms with E-state index in [0.29, 0.717) is 18.9 Å². The van der Waals surface area contributed by atoms with Crippen molar-refractivity contribution < 1.29 is 9.53 Å². The third-order valence-electron chi connectivity index (χ3n) is 3.88. The molecule has 0 radical (unpaired) electrons. The Morgan fingerprint density at radius 3 is 2.95 bits per heavy atom. The van der Waals surface area contributed by atoms with Gasteiger partial charge in [-0.3, -0.25) is 4.79 Å². The van der Waals surface area contributed by atoms with Gasteiger partial charge in [-0.1, -0.05) is 25.1 Å². The zero-order valence-corrected chi connectivity index (χ0v) is 12.1. The lowest BCUT2D eigenvalue weighted by Gasteiger charge is -2.38. The average Bonchev–Trinajstić information content (AvgIpc) is 2.39. The third kappa shape index (κ3) is 3.09. The Kier molecular flexibility index (Phi) is 4.46. The molecule has 19 heavy (non-hydrogen) atoms. The molecule has 0 amide bonds. The zero-order chi connectivity index (χ0) is 13.8. The summed E-state index contributed by atoms with van der Waals surface area (Å²) in [6, 6.07) is 8.71. The van der Waals surface area contributed by atoms with Crippen LogP contribution in [-0.2, 0) is 9.53 Å². The highest BCUT2D eigenvalue weighted by Gasteiger charge is 2.26. The van der Waals surface area contributed by atoms with Crippen LogP contribution in [0.4, 0.5) is 5.69 Å². The van der Waals surface area contributed by atoms with E-state index in [0.717, 1.165) is 13.0 Å². The van der Waals surface area contributed by atoms with Crippen LogP contribution < -0.4 is 4.90 Å². The van der Waals surface area contributed by atoms with E-state index >= 15 is 0 Å². The van der Waals surface area contributed by atoms with Gasteiger partial charge < -0.3 is 9.64 Å². The van der Waals surface area contributed by atoms with E-state index < -0.39 is 0 Å². The molecule has 3 heteroatoms. The molecule has 0 bridgehead atoms. The second-order valence-electron chi connectivity index (χ2n) is 5.30. The topological polar surface area (TPSA) is 29.5 Å². The fourth-order valence-corrected chi connectivity index (χ4v) is 2.80. The van der Waals surface area contributed by atoms with Gasteiger partial charge in [-0.05, 0) is 37.8 Å². The van der Waals surface area contributed by atoms with Gasteiger partial charge in [0.05, 0.1) is 13.0 Å². The van der Waals surface area contributed by atoms with Crippen LogP contribution in [0.25, 0.3) is 0 Å². The van der Waals surface area contributed by atoms with E-state index in [1.807, 2.05) is 6.92 Å². The molecule has 0 fully saturated rings. The first-order chi connectivity index (χ1) is 9.13. The van der Waals surface area contributed by atoms with Crippen molar-refractivity contribution in [1.82, 2.24) is 0 Å². The summed E-state index contributed by atoms with van der Waals surface area (Å²) in [6.07, 6.45) is 1.60. The number of carbonyl (C=O) groups is 1. The quantitative estimate of drug-likeness (QED) is 0.778. The van der Waals surface area contributed by atoms with Crippen LogP contribution in [0.3, 0.4) is 0 Å². The Morgan fingerprint density at radius 2 is 2.21 bits per heavy atom. The molecule has 1 aliphatic heterocycles. The number of benzene rings is 1. The molecule has 0 N–H and O–H groups in total. The van der Waals surface area contributed by atoms with Crippen LogP contribution in [0, 0.1) is 0 Å². The number of fused-ring (bicyclic) bond motifs is 1. The van der Waals surface area contributed by atoms with Crippen molar-refractivity contribution >= 4 is 11.7 Å². The zero-order valence-electron chi connectivity index (χ0n) is 12.1. The SMILES string of the molecule is CCOC(=O)CC(C)N1CCC(C)c2ccccc21. The molecule has 1 aromatic carbocycles. The maximum atomic E-state index is 11.6. The summed E-state index contributed by atoms with van der Waals surface area (Å²) in [5, 5.41) is 0. The minimum atomic E-state index is -0.105. The minimum absolute atomic E-state index is 0.105. The molecule has 1 aromatic rings. The van der Waals surface area contributed by atoms with Crippen LogP contribution in [0.1, 0.15) is 45.1 Å². The van der Waals surface area contributed by atoms with Crippen molar-refractivity contribution in [3.8, 4) is 0 Å². The number of hydrogen-bond acceptors (Lipinski definition) is 3. The monoisotopic (exact) mass is 261 g/mol. The molecule has 0 aliphatic carbocycles. The molecular weight excluding hydrogens is 238 g/mol. The summed E-state index contributed by atoms with van der Waals surface area (Å²) in [6.45, 7) is 7.69. The van der Waals surface area contributed by atoms with E-state index in [1.165, 1.54) is 11.3 Å².